The number of nitrogens with zero attached hydrogens (tertiary/aromatic N) is 2. The standard InChI is InChI=1S/C17H28N4/c1-4-13-8-6-9-14(5-2)16(13)20-17(18)19-12-15-10-7-11-21(15)3/h6,8-9,15H,4-5,7,10-12H2,1-3H3,(H3,18,19,20). The van der Waals surface area contributed by atoms with Crippen molar-refractivity contribution in [2.24, 2.45) is 10.7 Å². The fourth-order valence-corrected chi connectivity index (χ4v) is 2.98. The van der Waals surface area contributed by atoms with Gasteiger partial charge in [-0.2, -0.15) is 0 Å². The molecule has 0 aromatic heterocycles. The Hall–Kier alpha value is -1.55. The summed E-state index contributed by atoms with van der Waals surface area (Å²) in [4.78, 5) is 6.91. The molecule has 4 nitrogen and oxygen atoms in total. The Labute approximate surface area is 128 Å². The molecule has 0 spiro atoms. The lowest BCUT2D eigenvalue weighted by Gasteiger charge is -2.18. The number of benzene rings is 1. The van der Waals surface area contributed by atoms with Gasteiger partial charge in [-0.1, -0.05) is 32.0 Å². The minimum atomic E-state index is 0.533. The number of para-hydroxylation sites is 1. The normalized spacial score (nSPS) is 20.0. The number of guanidine groups is 1. The molecular formula is C17H28N4. The number of aliphatic imine (C=N–C) groups is 1. The lowest BCUT2D eigenvalue weighted by Crippen LogP contribution is -2.30. The molecule has 1 unspecified atom stereocenters. The largest absolute Gasteiger partial charge is 0.370 e. The minimum absolute atomic E-state index is 0.533. The highest BCUT2D eigenvalue weighted by molar-refractivity contribution is 5.93. The zero-order valence-corrected chi connectivity index (χ0v) is 13.5. The van der Waals surface area contributed by atoms with E-state index in [1.54, 1.807) is 0 Å². The third-order valence-corrected chi connectivity index (χ3v) is 4.40. The van der Waals surface area contributed by atoms with E-state index >= 15 is 0 Å². The molecule has 0 radical (unpaired) electrons. The molecule has 0 bridgehead atoms. The van der Waals surface area contributed by atoms with Gasteiger partial charge in [0, 0.05) is 11.7 Å². The first-order chi connectivity index (χ1) is 10.2. The van der Waals surface area contributed by atoms with Crippen LogP contribution in [0.4, 0.5) is 5.69 Å². The van der Waals surface area contributed by atoms with Crippen molar-refractivity contribution in [3.63, 3.8) is 0 Å². The Morgan fingerprint density at radius 1 is 1.33 bits per heavy atom. The van der Waals surface area contributed by atoms with Crippen molar-refractivity contribution in [3.05, 3.63) is 29.3 Å². The molecule has 0 aliphatic carbocycles. The van der Waals surface area contributed by atoms with Gasteiger partial charge in [0.05, 0.1) is 6.54 Å². The van der Waals surface area contributed by atoms with Crippen molar-refractivity contribution in [1.82, 2.24) is 4.90 Å². The average molecular weight is 288 g/mol. The molecule has 1 aromatic rings. The van der Waals surface area contributed by atoms with Gasteiger partial charge in [0.15, 0.2) is 5.96 Å². The number of likely N-dealkylation sites (tertiary alicyclic amines) is 1. The maximum Gasteiger partial charge on any atom is 0.193 e. The number of hydrogen-bond acceptors (Lipinski definition) is 2. The van der Waals surface area contributed by atoms with Crippen LogP contribution in [0.2, 0.25) is 0 Å². The molecule has 1 saturated heterocycles. The van der Waals surface area contributed by atoms with Crippen LogP contribution in [-0.4, -0.2) is 37.0 Å². The van der Waals surface area contributed by atoms with Crippen LogP contribution < -0.4 is 11.1 Å². The fourth-order valence-electron chi connectivity index (χ4n) is 2.98. The van der Waals surface area contributed by atoms with Crippen molar-refractivity contribution in [3.8, 4) is 0 Å². The smallest absolute Gasteiger partial charge is 0.193 e. The van der Waals surface area contributed by atoms with Gasteiger partial charge in [0.25, 0.3) is 0 Å². The van der Waals surface area contributed by atoms with Crippen LogP contribution in [-0.2, 0) is 12.8 Å². The van der Waals surface area contributed by atoms with Crippen molar-refractivity contribution in [1.29, 1.82) is 0 Å². The summed E-state index contributed by atoms with van der Waals surface area (Å²) in [5.74, 6) is 0.533. The Bertz CT molecular complexity index is 473. The Kier molecular flexibility index (Phi) is 5.62. The SMILES string of the molecule is CCc1cccc(CC)c1NC(N)=NCC1CCCN1C. The van der Waals surface area contributed by atoms with Gasteiger partial charge in [-0.05, 0) is 50.4 Å². The monoisotopic (exact) mass is 288 g/mol. The molecule has 2 rings (SSSR count). The zero-order valence-electron chi connectivity index (χ0n) is 13.5. The summed E-state index contributed by atoms with van der Waals surface area (Å²) in [6.07, 6.45) is 4.48. The first-order valence-electron chi connectivity index (χ1n) is 8.03. The third-order valence-electron chi connectivity index (χ3n) is 4.40. The lowest BCUT2D eigenvalue weighted by molar-refractivity contribution is 0.317. The van der Waals surface area contributed by atoms with Crippen molar-refractivity contribution < 1.29 is 0 Å². The van der Waals surface area contributed by atoms with E-state index < -0.39 is 0 Å². The number of anilines is 1. The number of rotatable bonds is 5. The molecule has 1 heterocycles. The second-order valence-corrected chi connectivity index (χ2v) is 5.79. The summed E-state index contributed by atoms with van der Waals surface area (Å²) < 4.78 is 0. The highest BCUT2D eigenvalue weighted by Crippen LogP contribution is 2.22. The van der Waals surface area contributed by atoms with E-state index in [0.29, 0.717) is 12.0 Å². The lowest BCUT2D eigenvalue weighted by atomic mass is 10.0. The van der Waals surface area contributed by atoms with Crippen LogP contribution >= 0.6 is 0 Å². The van der Waals surface area contributed by atoms with Gasteiger partial charge < -0.3 is 16.0 Å². The van der Waals surface area contributed by atoms with Crippen molar-refractivity contribution >= 4 is 11.6 Å². The number of nitrogens with two attached hydrogens (primary N) is 1. The van der Waals surface area contributed by atoms with E-state index in [-0.39, 0.29) is 0 Å². The van der Waals surface area contributed by atoms with E-state index in [0.717, 1.165) is 25.1 Å². The first kappa shape index (κ1) is 15.8. The predicted octanol–water partition coefficient (Wildman–Crippen LogP) is 2.63. The van der Waals surface area contributed by atoms with Crippen molar-refractivity contribution in [2.45, 2.75) is 45.6 Å². The van der Waals surface area contributed by atoms with E-state index in [4.69, 9.17) is 5.73 Å². The summed E-state index contributed by atoms with van der Waals surface area (Å²) in [5, 5.41) is 3.33. The van der Waals surface area contributed by atoms with Gasteiger partial charge >= 0.3 is 0 Å². The minimum Gasteiger partial charge on any atom is -0.370 e. The summed E-state index contributed by atoms with van der Waals surface area (Å²) >= 11 is 0. The summed E-state index contributed by atoms with van der Waals surface area (Å²) in [6.45, 7) is 6.29. The maximum absolute atomic E-state index is 6.10. The summed E-state index contributed by atoms with van der Waals surface area (Å²) in [6, 6.07) is 6.96. The van der Waals surface area contributed by atoms with Crippen LogP contribution in [0.3, 0.4) is 0 Å². The number of aryl methyl sites for hydroxylation is 2. The van der Waals surface area contributed by atoms with Gasteiger partial charge in [0.2, 0.25) is 0 Å². The van der Waals surface area contributed by atoms with Crippen molar-refractivity contribution in [2.75, 3.05) is 25.5 Å². The quantitative estimate of drug-likeness (QED) is 0.647. The average Bonchev–Trinajstić information content (AvgIpc) is 2.90. The number of hydrogen-bond donors (Lipinski definition) is 2. The van der Waals surface area contributed by atoms with Gasteiger partial charge in [-0.3, -0.25) is 4.99 Å². The predicted molar refractivity (Wildman–Crippen MR) is 91.0 cm³/mol. The van der Waals surface area contributed by atoms with E-state index in [1.807, 2.05) is 0 Å². The summed E-state index contributed by atoms with van der Waals surface area (Å²) in [5.41, 5.74) is 9.83. The third kappa shape index (κ3) is 3.97. The molecule has 3 N–H and O–H groups in total. The fraction of sp³-hybridized carbons (Fsp3) is 0.588. The highest BCUT2D eigenvalue weighted by atomic mass is 15.2. The molecule has 1 aliphatic heterocycles. The maximum atomic E-state index is 6.10. The molecule has 4 heteroatoms. The second kappa shape index (κ2) is 7.46. The van der Waals surface area contributed by atoms with Crippen LogP contribution in [0.1, 0.15) is 37.8 Å². The van der Waals surface area contributed by atoms with E-state index in [9.17, 15) is 0 Å². The number of likely N-dealkylation sites (N-methyl/N-ethyl adjacent to an activating group) is 1. The van der Waals surface area contributed by atoms with E-state index in [1.165, 1.54) is 30.5 Å². The second-order valence-electron chi connectivity index (χ2n) is 5.79. The molecule has 0 amide bonds. The Morgan fingerprint density at radius 2 is 2.00 bits per heavy atom. The zero-order chi connectivity index (χ0) is 15.2. The number of nitrogens with one attached hydrogen (secondary N) is 1. The Balaban J connectivity index is 2.06. The van der Waals surface area contributed by atoms with Gasteiger partial charge in [0.1, 0.15) is 0 Å². The van der Waals surface area contributed by atoms with Gasteiger partial charge in [-0.15, -0.1) is 0 Å². The van der Waals surface area contributed by atoms with Gasteiger partial charge in [-0.25, -0.2) is 0 Å². The van der Waals surface area contributed by atoms with Crippen LogP contribution in [0.25, 0.3) is 0 Å². The molecule has 21 heavy (non-hydrogen) atoms. The molecular weight excluding hydrogens is 260 g/mol. The van der Waals surface area contributed by atoms with E-state index in [2.05, 4.69) is 54.3 Å². The Morgan fingerprint density at radius 3 is 2.52 bits per heavy atom. The first-order valence-corrected chi connectivity index (χ1v) is 8.03. The topological polar surface area (TPSA) is 53.6 Å². The summed E-state index contributed by atoms with van der Waals surface area (Å²) in [7, 11) is 2.17. The molecule has 1 aliphatic rings. The van der Waals surface area contributed by atoms with Crippen LogP contribution in [0.5, 0.6) is 0 Å². The molecule has 0 saturated carbocycles. The molecule has 1 atom stereocenters. The molecule has 1 aromatic carbocycles. The molecule has 1 fully saturated rings. The van der Waals surface area contributed by atoms with Crippen LogP contribution in [0, 0.1) is 0 Å². The molecule has 116 valence electrons. The van der Waals surface area contributed by atoms with Crippen LogP contribution in [0.15, 0.2) is 23.2 Å². The highest BCUT2D eigenvalue weighted by Gasteiger charge is 2.20.